The molecule has 2 aromatic rings. The minimum absolute atomic E-state index is 0.0529. The molecular weight excluding hydrogens is 320 g/mol. The first-order valence-corrected chi connectivity index (χ1v) is 7.98. The SMILES string of the molecule is CC[C@H](C)NC(=O)CSc1nnc(-c2cccc([N+](=O)[O-])c2)o1. The van der Waals surface area contributed by atoms with Gasteiger partial charge in [-0.2, -0.15) is 0 Å². The summed E-state index contributed by atoms with van der Waals surface area (Å²) < 4.78 is 5.42. The molecule has 1 aromatic heterocycles. The van der Waals surface area contributed by atoms with Gasteiger partial charge in [0.1, 0.15) is 0 Å². The van der Waals surface area contributed by atoms with E-state index in [1.54, 1.807) is 12.1 Å². The molecule has 0 unspecified atom stereocenters. The molecule has 0 aliphatic carbocycles. The predicted octanol–water partition coefficient (Wildman–Crippen LogP) is 2.65. The van der Waals surface area contributed by atoms with Crippen molar-refractivity contribution in [2.75, 3.05) is 5.75 Å². The molecule has 1 amide bonds. The van der Waals surface area contributed by atoms with E-state index in [1.807, 2.05) is 13.8 Å². The maximum Gasteiger partial charge on any atom is 0.277 e. The molecule has 23 heavy (non-hydrogen) atoms. The Hall–Kier alpha value is -2.42. The Labute approximate surface area is 136 Å². The number of hydrogen-bond acceptors (Lipinski definition) is 7. The van der Waals surface area contributed by atoms with Gasteiger partial charge < -0.3 is 9.73 Å². The Balaban J connectivity index is 1.99. The van der Waals surface area contributed by atoms with E-state index in [0.717, 1.165) is 18.2 Å². The molecule has 0 aliphatic heterocycles. The topological polar surface area (TPSA) is 111 Å². The minimum atomic E-state index is -0.491. The summed E-state index contributed by atoms with van der Waals surface area (Å²) in [6, 6.07) is 6.05. The number of benzene rings is 1. The van der Waals surface area contributed by atoms with Crippen LogP contribution in [0, 0.1) is 10.1 Å². The van der Waals surface area contributed by atoms with Gasteiger partial charge in [0.25, 0.3) is 10.9 Å². The first-order valence-electron chi connectivity index (χ1n) is 7.00. The van der Waals surface area contributed by atoms with Crippen LogP contribution in [0.15, 0.2) is 33.9 Å². The van der Waals surface area contributed by atoms with Crippen LogP contribution >= 0.6 is 11.8 Å². The molecule has 0 fully saturated rings. The van der Waals surface area contributed by atoms with Gasteiger partial charge >= 0.3 is 0 Å². The summed E-state index contributed by atoms with van der Waals surface area (Å²) in [6.45, 7) is 3.91. The number of rotatable bonds is 7. The van der Waals surface area contributed by atoms with Crippen LogP contribution in [0.2, 0.25) is 0 Å². The van der Waals surface area contributed by atoms with Crippen molar-refractivity contribution >= 4 is 23.4 Å². The highest BCUT2D eigenvalue weighted by Crippen LogP contribution is 2.25. The minimum Gasteiger partial charge on any atom is -0.411 e. The zero-order chi connectivity index (χ0) is 16.8. The first-order chi connectivity index (χ1) is 11.0. The van der Waals surface area contributed by atoms with Crippen LogP contribution in [0.5, 0.6) is 0 Å². The standard InChI is InChI=1S/C14H16N4O4S/c1-3-9(2)15-12(19)8-23-14-17-16-13(22-14)10-5-4-6-11(7-10)18(20)21/h4-7,9H,3,8H2,1-2H3,(H,15,19)/t9-/m0/s1. The highest BCUT2D eigenvalue weighted by Gasteiger charge is 2.14. The summed E-state index contributed by atoms with van der Waals surface area (Å²) in [4.78, 5) is 22.0. The van der Waals surface area contributed by atoms with E-state index in [9.17, 15) is 14.9 Å². The third-order valence-electron chi connectivity index (χ3n) is 3.06. The molecule has 122 valence electrons. The van der Waals surface area contributed by atoms with Crippen LogP contribution in [0.4, 0.5) is 5.69 Å². The van der Waals surface area contributed by atoms with Crippen LogP contribution in [-0.4, -0.2) is 32.8 Å². The van der Waals surface area contributed by atoms with E-state index >= 15 is 0 Å². The number of aromatic nitrogens is 2. The molecule has 0 saturated carbocycles. The lowest BCUT2D eigenvalue weighted by Crippen LogP contribution is -2.33. The Morgan fingerprint density at radius 1 is 1.48 bits per heavy atom. The van der Waals surface area contributed by atoms with E-state index in [-0.39, 0.29) is 34.5 Å². The Morgan fingerprint density at radius 2 is 2.26 bits per heavy atom. The van der Waals surface area contributed by atoms with Gasteiger partial charge in [0.15, 0.2) is 0 Å². The Kier molecular flexibility index (Phi) is 5.69. The van der Waals surface area contributed by atoms with E-state index in [4.69, 9.17) is 4.42 Å². The highest BCUT2D eigenvalue weighted by atomic mass is 32.2. The highest BCUT2D eigenvalue weighted by molar-refractivity contribution is 7.99. The summed E-state index contributed by atoms with van der Waals surface area (Å²) >= 11 is 1.12. The fourth-order valence-corrected chi connectivity index (χ4v) is 2.26. The third kappa shape index (κ3) is 4.78. The smallest absolute Gasteiger partial charge is 0.277 e. The van der Waals surface area contributed by atoms with Crippen LogP contribution in [0.1, 0.15) is 20.3 Å². The van der Waals surface area contributed by atoms with Crippen molar-refractivity contribution in [1.29, 1.82) is 0 Å². The molecule has 1 aromatic carbocycles. The quantitative estimate of drug-likeness (QED) is 0.470. The number of nitrogens with zero attached hydrogens (tertiary/aromatic N) is 3. The zero-order valence-corrected chi connectivity index (χ0v) is 13.5. The number of non-ortho nitro benzene ring substituents is 1. The van der Waals surface area contributed by atoms with Crippen LogP contribution in [0.25, 0.3) is 11.5 Å². The molecule has 1 heterocycles. The van der Waals surface area contributed by atoms with Crippen LogP contribution in [-0.2, 0) is 4.79 Å². The first kappa shape index (κ1) is 16.9. The fourth-order valence-electron chi connectivity index (χ4n) is 1.68. The van der Waals surface area contributed by atoms with Gasteiger partial charge in [-0.3, -0.25) is 14.9 Å². The number of carbonyl (C=O) groups excluding carboxylic acids is 1. The van der Waals surface area contributed by atoms with E-state index in [2.05, 4.69) is 15.5 Å². The summed E-state index contributed by atoms with van der Waals surface area (Å²) in [5.74, 6) is 0.235. The summed E-state index contributed by atoms with van der Waals surface area (Å²) in [5.41, 5.74) is 0.408. The normalized spacial score (nSPS) is 11.9. The summed E-state index contributed by atoms with van der Waals surface area (Å²) in [7, 11) is 0. The number of carbonyl (C=O) groups is 1. The third-order valence-corrected chi connectivity index (χ3v) is 3.88. The van der Waals surface area contributed by atoms with Gasteiger partial charge in [-0.25, -0.2) is 0 Å². The average molecular weight is 336 g/mol. The molecule has 1 atom stereocenters. The molecule has 2 rings (SSSR count). The van der Waals surface area contributed by atoms with Crippen LogP contribution < -0.4 is 5.32 Å². The van der Waals surface area contributed by atoms with Crippen molar-refractivity contribution in [3.8, 4) is 11.5 Å². The zero-order valence-electron chi connectivity index (χ0n) is 12.7. The van der Waals surface area contributed by atoms with E-state index in [1.165, 1.54) is 12.1 Å². The van der Waals surface area contributed by atoms with Crippen molar-refractivity contribution < 1.29 is 14.1 Å². The predicted molar refractivity (Wildman–Crippen MR) is 85.0 cm³/mol. The second-order valence-corrected chi connectivity index (χ2v) is 5.77. The molecule has 0 bridgehead atoms. The number of thioether (sulfide) groups is 1. The number of nitro groups is 1. The van der Waals surface area contributed by atoms with Crippen molar-refractivity contribution in [3.63, 3.8) is 0 Å². The Bertz CT molecular complexity index is 704. The van der Waals surface area contributed by atoms with Gasteiger partial charge in [-0.15, -0.1) is 10.2 Å². The fraction of sp³-hybridized carbons (Fsp3) is 0.357. The number of nitrogens with one attached hydrogen (secondary N) is 1. The average Bonchev–Trinajstić information content (AvgIpc) is 3.02. The summed E-state index contributed by atoms with van der Waals surface area (Å²) in [5, 5.41) is 21.5. The second kappa shape index (κ2) is 7.73. The van der Waals surface area contributed by atoms with Gasteiger partial charge in [0.05, 0.1) is 10.7 Å². The summed E-state index contributed by atoms with van der Waals surface area (Å²) in [6.07, 6.45) is 0.855. The molecular formula is C14H16N4O4S. The second-order valence-electron chi connectivity index (χ2n) is 4.85. The van der Waals surface area contributed by atoms with Gasteiger partial charge in [-0.1, -0.05) is 24.8 Å². The molecule has 0 spiro atoms. The van der Waals surface area contributed by atoms with E-state index < -0.39 is 4.92 Å². The lowest BCUT2D eigenvalue weighted by Gasteiger charge is -2.09. The van der Waals surface area contributed by atoms with Crippen LogP contribution in [0.3, 0.4) is 0 Å². The van der Waals surface area contributed by atoms with Crippen molar-refractivity contribution in [2.24, 2.45) is 0 Å². The molecule has 8 nitrogen and oxygen atoms in total. The number of hydrogen-bond donors (Lipinski definition) is 1. The molecule has 9 heteroatoms. The lowest BCUT2D eigenvalue weighted by molar-refractivity contribution is -0.384. The maximum atomic E-state index is 11.7. The van der Waals surface area contributed by atoms with Crippen molar-refractivity contribution in [2.45, 2.75) is 31.5 Å². The molecule has 0 radical (unpaired) electrons. The maximum absolute atomic E-state index is 11.7. The van der Waals surface area contributed by atoms with Gasteiger partial charge in [0.2, 0.25) is 11.8 Å². The molecule has 0 saturated heterocycles. The van der Waals surface area contributed by atoms with Crippen molar-refractivity contribution in [1.82, 2.24) is 15.5 Å². The Morgan fingerprint density at radius 3 is 2.96 bits per heavy atom. The monoisotopic (exact) mass is 336 g/mol. The largest absolute Gasteiger partial charge is 0.411 e. The molecule has 0 aliphatic rings. The number of nitro benzene ring substituents is 1. The lowest BCUT2D eigenvalue weighted by atomic mass is 10.2. The van der Waals surface area contributed by atoms with Crippen molar-refractivity contribution in [3.05, 3.63) is 34.4 Å². The van der Waals surface area contributed by atoms with E-state index in [0.29, 0.717) is 5.56 Å². The van der Waals surface area contributed by atoms with Gasteiger partial charge in [-0.05, 0) is 19.4 Å². The number of amides is 1. The van der Waals surface area contributed by atoms with Gasteiger partial charge in [0, 0.05) is 23.7 Å². The molecule has 1 N–H and O–H groups in total.